The van der Waals surface area contributed by atoms with E-state index in [1.54, 1.807) is 12.5 Å². The third kappa shape index (κ3) is 5.70. The number of sulfonamides is 1. The third-order valence-electron chi connectivity index (χ3n) is 7.60. The summed E-state index contributed by atoms with van der Waals surface area (Å²) in [5.41, 5.74) is 1.90. The molecule has 1 aromatic heterocycles. The average Bonchev–Trinajstić information content (AvgIpc) is 3.56. The Kier molecular flexibility index (Phi) is 7.31. The van der Waals surface area contributed by atoms with Crippen molar-refractivity contribution in [3.8, 4) is 0 Å². The minimum atomic E-state index is -4.53. The molecule has 0 amide bonds. The fourth-order valence-corrected chi connectivity index (χ4v) is 7.06. The van der Waals surface area contributed by atoms with Crippen LogP contribution in [0.15, 0.2) is 66.0 Å². The Labute approximate surface area is 215 Å². The van der Waals surface area contributed by atoms with Crippen LogP contribution in [0, 0.1) is 5.92 Å². The van der Waals surface area contributed by atoms with Crippen LogP contribution in [0.3, 0.4) is 0 Å². The summed E-state index contributed by atoms with van der Waals surface area (Å²) in [5.74, 6) is 0.646. The highest BCUT2D eigenvalue weighted by atomic mass is 32.2. The Hall–Kier alpha value is -2.85. The molecule has 2 heterocycles. The summed E-state index contributed by atoms with van der Waals surface area (Å²) in [7, 11) is -4.03. The lowest BCUT2D eigenvalue weighted by molar-refractivity contribution is -0.137. The number of H-pyrrole nitrogens is 1. The zero-order chi connectivity index (χ0) is 26.0. The molecular formula is C27H31F3N4O2S. The summed E-state index contributed by atoms with van der Waals surface area (Å²) in [6, 6.07) is 11.5. The van der Waals surface area contributed by atoms with Gasteiger partial charge < -0.3 is 9.88 Å². The highest BCUT2D eigenvalue weighted by molar-refractivity contribution is 7.89. The first kappa shape index (κ1) is 25.8. The molecule has 5 rings (SSSR count). The van der Waals surface area contributed by atoms with E-state index in [1.807, 2.05) is 24.3 Å². The molecule has 2 aliphatic rings. The summed E-state index contributed by atoms with van der Waals surface area (Å²) in [5, 5.41) is 0. The van der Waals surface area contributed by atoms with Crippen molar-refractivity contribution in [1.82, 2.24) is 14.3 Å². The molecule has 1 N–H and O–H groups in total. The standard InChI is InChI=1S/C27H31F3N4O2S/c28-27(29,30)22-10-13-25(14-11-22)37(35,36)33-16-21-7-3-4-8-26(21)34(17-23-15-31-19-32-23)24(18-33)12-9-20-5-1-2-6-20/h3-4,7-8,10-11,13-15,19-20,24H,1-2,5-6,9,12,16-18H2,(H,31,32)/t24-/m1/s1. The number of imidazole rings is 1. The number of rotatable bonds is 7. The van der Waals surface area contributed by atoms with E-state index in [1.165, 1.54) is 30.0 Å². The number of halogens is 3. The van der Waals surface area contributed by atoms with Gasteiger partial charge in [0.1, 0.15) is 0 Å². The second-order valence-corrected chi connectivity index (χ2v) is 12.0. The number of hydrogen-bond acceptors (Lipinski definition) is 4. The average molecular weight is 533 g/mol. The first-order valence-electron chi connectivity index (χ1n) is 12.7. The number of nitrogens with one attached hydrogen (secondary N) is 1. The minimum Gasteiger partial charge on any atom is -0.361 e. The zero-order valence-corrected chi connectivity index (χ0v) is 21.3. The summed E-state index contributed by atoms with van der Waals surface area (Å²) in [4.78, 5) is 9.45. The monoisotopic (exact) mass is 532 g/mol. The van der Waals surface area contributed by atoms with Crippen LogP contribution in [-0.2, 0) is 29.3 Å². The zero-order valence-electron chi connectivity index (χ0n) is 20.5. The largest absolute Gasteiger partial charge is 0.416 e. The summed E-state index contributed by atoms with van der Waals surface area (Å²) in [6.07, 6.45) is 5.62. The van der Waals surface area contributed by atoms with Crippen LogP contribution in [0.1, 0.15) is 55.3 Å². The highest BCUT2D eigenvalue weighted by Gasteiger charge is 2.36. The van der Waals surface area contributed by atoms with Gasteiger partial charge in [0.2, 0.25) is 10.0 Å². The second-order valence-electron chi connectivity index (χ2n) is 10.0. The van der Waals surface area contributed by atoms with Crippen molar-refractivity contribution in [3.05, 3.63) is 77.9 Å². The summed E-state index contributed by atoms with van der Waals surface area (Å²) < 4.78 is 68.2. The number of aromatic nitrogens is 2. The molecule has 1 aliphatic heterocycles. The number of para-hydroxylation sites is 1. The number of nitrogens with zero attached hydrogens (tertiary/aromatic N) is 3. The predicted molar refractivity (Wildman–Crippen MR) is 135 cm³/mol. The van der Waals surface area contributed by atoms with Gasteiger partial charge in [0.25, 0.3) is 0 Å². The first-order valence-corrected chi connectivity index (χ1v) is 14.1. The summed E-state index contributed by atoms with van der Waals surface area (Å²) in [6.45, 7) is 0.957. The predicted octanol–water partition coefficient (Wildman–Crippen LogP) is 5.98. The van der Waals surface area contributed by atoms with Gasteiger partial charge in [0.05, 0.1) is 29.0 Å². The van der Waals surface area contributed by atoms with E-state index in [2.05, 4.69) is 14.9 Å². The van der Waals surface area contributed by atoms with Crippen molar-refractivity contribution in [2.75, 3.05) is 11.4 Å². The van der Waals surface area contributed by atoms with Gasteiger partial charge in [-0.15, -0.1) is 0 Å². The Morgan fingerprint density at radius 1 is 1.00 bits per heavy atom. The lowest BCUT2D eigenvalue weighted by atomic mass is 9.97. The van der Waals surface area contributed by atoms with Crippen LogP contribution in [0.25, 0.3) is 0 Å². The van der Waals surface area contributed by atoms with Gasteiger partial charge in [-0.1, -0.05) is 43.9 Å². The number of fused-ring (bicyclic) bond motifs is 1. The van der Waals surface area contributed by atoms with Crippen LogP contribution >= 0.6 is 0 Å². The molecule has 0 spiro atoms. The van der Waals surface area contributed by atoms with Crippen molar-refractivity contribution in [3.63, 3.8) is 0 Å². The molecule has 0 unspecified atom stereocenters. The molecule has 0 radical (unpaired) electrons. The van der Waals surface area contributed by atoms with Crippen LogP contribution < -0.4 is 4.90 Å². The molecule has 1 saturated carbocycles. The van der Waals surface area contributed by atoms with Gasteiger partial charge in [0, 0.05) is 31.0 Å². The SMILES string of the molecule is O=S(=O)(c1ccc(C(F)(F)F)cc1)N1Cc2ccccc2N(Cc2cnc[nH]2)[C@H](CCC2CCCC2)C1. The molecule has 1 aliphatic carbocycles. The number of hydrogen-bond donors (Lipinski definition) is 1. The Bertz CT molecular complexity index is 1290. The number of anilines is 1. The van der Waals surface area contributed by atoms with Crippen molar-refractivity contribution >= 4 is 15.7 Å². The van der Waals surface area contributed by atoms with Gasteiger partial charge in [-0.25, -0.2) is 13.4 Å². The molecule has 3 aromatic rings. The molecule has 37 heavy (non-hydrogen) atoms. The normalized spacial score (nSPS) is 19.6. The maximum absolute atomic E-state index is 13.8. The quantitative estimate of drug-likeness (QED) is 0.407. The van der Waals surface area contributed by atoms with E-state index in [4.69, 9.17) is 0 Å². The number of aromatic amines is 1. The molecule has 0 bridgehead atoms. The minimum absolute atomic E-state index is 0.100. The third-order valence-corrected chi connectivity index (χ3v) is 9.43. The van der Waals surface area contributed by atoms with E-state index < -0.39 is 21.8 Å². The first-order chi connectivity index (χ1) is 17.7. The van der Waals surface area contributed by atoms with Crippen LogP contribution in [-0.4, -0.2) is 35.3 Å². The molecular weight excluding hydrogens is 501 g/mol. The maximum atomic E-state index is 13.8. The van der Waals surface area contributed by atoms with E-state index in [-0.39, 0.29) is 24.0 Å². The molecule has 2 aromatic carbocycles. The molecule has 1 atom stereocenters. The molecule has 10 heteroatoms. The fraction of sp³-hybridized carbons (Fsp3) is 0.444. The van der Waals surface area contributed by atoms with Gasteiger partial charge in [-0.05, 0) is 54.7 Å². The van der Waals surface area contributed by atoms with E-state index in [0.29, 0.717) is 12.5 Å². The van der Waals surface area contributed by atoms with Gasteiger partial charge in [0.15, 0.2) is 0 Å². The van der Waals surface area contributed by atoms with Crippen molar-refractivity contribution in [2.24, 2.45) is 5.92 Å². The Balaban J connectivity index is 1.49. The van der Waals surface area contributed by atoms with Crippen molar-refractivity contribution in [2.45, 2.75) is 68.7 Å². The van der Waals surface area contributed by atoms with E-state index >= 15 is 0 Å². The highest BCUT2D eigenvalue weighted by Crippen LogP contribution is 2.36. The van der Waals surface area contributed by atoms with Crippen LogP contribution in [0.5, 0.6) is 0 Å². The van der Waals surface area contributed by atoms with Crippen molar-refractivity contribution in [1.29, 1.82) is 0 Å². The maximum Gasteiger partial charge on any atom is 0.416 e. The lowest BCUT2D eigenvalue weighted by Crippen LogP contribution is -2.43. The summed E-state index contributed by atoms with van der Waals surface area (Å²) >= 11 is 0. The number of benzene rings is 2. The van der Waals surface area contributed by atoms with E-state index in [0.717, 1.165) is 54.1 Å². The fourth-order valence-electron chi connectivity index (χ4n) is 5.60. The lowest BCUT2D eigenvalue weighted by Gasteiger charge is -2.34. The van der Waals surface area contributed by atoms with Gasteiger partial charge in [-0.2, -0.15) is 17.5 Å². The topological polar surface area (TPSA) is 69.3 Å². The van der Waals surface area contributed by atoms with E-state index in [9.17, 15) is 21.6 Å². The van der Waals surface area contributed by atoms with Gasteiger partial charge in [-0.3, -0.25) is 0 Å². The molecule has 6 nitrogen and oxygen atoms in total. The molecule has 1 fully saturated rings. The smallest absolute Gasteiger partial charge is 0.361 e. The van der Waals surface area contributed by atoms with Crippen LogP contribution in [0.2, 0.25) is 0 Å². The Morgan fingerprint density at radius 2 is 1.73 bits per heavy atom. The number of alkyl halides is 3. The molecule has 198 valence electrons. The van der Waals surface area contributed by atoms with Gasteiger partial charge >= 0.3 is 6.18 Å². The van der Waals surface area contributed by atoms with Crippen LogP contribution in [0.4, 0.5) is 18.9 Å². The van der Waals surface area contributed by atoms with Crippen molar-refractivity contribution < 1.29 is 21.6 Å². The Morgan fingerprint density at radius 3 is 2.41 bits per heavy atom. The second kappa shape index (κ2) is 10.5. The molecule has 0 saturated heterocycles.